The fraction of sp³-hybridized carbons (Fsp3) is 0.0952. The third-order valence-corrected chi connectivity index (χ3v) is 4.32. The van der Waals surface area contributed by atoms with Crippen molar-refractivity contribution >= 4 is 17.3 Å². The second kappa shape index (κ2) is 7.26. The second-order valence-electron chi connectivity index (χ2n) is 6.12. The Bertz CT molecular complexity index is 1110. The van der Waals surface area contributed by atoms with Gasteiger partial charge in [0.05, 0.1) is 16.6 Å². The Kier molecular flexibility index (Phi) is 4.86. The van der Waals surface area contributed by atoms with Crippen LogP contribution in [0.3, 0.4) is 0 Å². The maximum atomic E-state index is 13.6. The maximum Gasteiger partial charge on any atom is 0.270 e. The van der Waals surface area contributed by atoms with Crippen LogP contribution in [-0.2, 0) is 0 Å². The van der Waals surface area contributed by atoms with Gasteiger partial charge in [-0.3, -0.25) is 10.1 Å². The molecule has 134 valence electrons. The van der Waals surface area contributed by atoms with Gasteiger partial charge in [-0.15, -0.1) is 0 Å². The van der Waals surface area contributed by atoms with E-state index in [1.807, 2.05) is 30.5 Å². The molecular weight excluding hydrogens is 345 g/mol. The summed E-state index contributed by atoms with van der Waals surface area (Å²) in [6.45, 7) is 3.78. The monoisotopic (exact) mass is 361 g/mol. The minimum Gasteiger partial charge on any atom is -0.318 e. The molecule has 0 aliphatic heterocycles. The normalized spacial score (nSPS) is 11.3. The highest BCUT2D eigenvalue weighted by Crippen LogP contribution is 2.27. The number of nitro benzene ring substituents is 1. The van der Waals surface area contributed by atoms with Crippen molar-refractivity contribution in [2.45, 2.75) is 13.8 Å². The smallest absolute Gasteiger partial charge is 0.270 e. The molecule has 27 heavy (non-hydrogen) atoms. The van der Waals surface area contributed by atoms with Crippen LogP contribution in [0.2, 0.25) is 0 Å². The first-order chi connectivity index (χ1) is 12.9. The Hall–Kier alpha value is -3.72. The third kappa shape index (κ3) is 3.62. The van der Waals surface area contributed by atoms with Crippen molar-refractivity contribution in [2.24, 2.45) is 0 Å². The van der Waals surface area contributed by atoms with E-state index in [-0.39, 0.29) is 11.5 Å². The molecule has 0 saturated carbocycles. The van der Waals surface area contributed by atoms with Gasteiger partial charge in [0, 0.05) is 29.2 Å². The van der Waals surface area contributed by atoms with Crippen LogP contribution in [0.15, 0.2) is 54.6 Å². The molecule has 3 aromatic rings. The van der Waals surface area contributed by atoms with Crippen molar-refractivity contribution < 1.29 is 9.31 Å². The van der Waals surface area contributed by atoms with Crippen LogP contribution in [0.5, 0.6) is 0 Å². The lowest BCUT2D eigenvalue weighted by atomic mass is 10.0. The largest absolute Gasteiger partial charge is 0.318 e. The predicted molar refractivity (Wildman–Crippen MR) is 102 cm³/mol. The van der Waals surface area contributed by atoms with Gasteiger partial charge in [0.25, 0.3) is 5.69 Å². The Balaban J connectivity index is 2.09. The van der Waals surface area contributed by atoms with E-state index < -0.39 is 4.92 Å². The number of nitro groups is 1. The molecule has 0 fully saturated rings. The van der Waals surface area contributed by atoms with Gasteiger partial charge in [0.15, 0.2) is 0 Å². The lowest BCUT2D eigenvalue weighted by molar-refractivity contribution is -0.384. The molecule has 2 aromatic carbocycles. The maximum absolute atomic E-state index is 13.6. The van der Waals surface area contributed by atoms with Gasteiger partial charge >= 0.3 is 0 Å². The average Bonchev–Trinajstić information content (AvgIpc) is 2.93. The van der Waals surface area contributed by atoms with Crippen LogP contribution in [-0.4, -0.2) is 9.49 Å². The first-order valence-electron chi connectivity index (χ1n) is 8.22. The number of hydrogen-bond acceptors (Lipinski definition) is 3. The van der Waals surface area contributed by atoms with Gasteiger partial charge in [0.1, 0.15) is 5.82 Å². The predicted octanol–water partition coefficient (Wildman–Crippen LogP) is 5.21. The van der Waals surface area contributed by atoms with Crippen LogP contribution >= 0.6 is 0 Å². The number of nitriles is 1. The van der Waals surface area contributed by atoms with Crippen molar-refractivity contribution in [3.8, 4) is 11.8 Å². The Morgan fingerprint density at radius 2 is 1.93 bits per heavy atom. The molecule has 1 aromatic heterocycles. The van der Waals surface area contributed by atoms with Crippen molar-refractivity contribution in [3.63, 3.8) is 0 Å². The van der Waals surface area contributed by atoms with Crippen molar-refractivity contribution in [3.05, 3.63) is 93.0 Å². The van der Waals surface area contributed by atoms with E-state index in [4.69, 9.17) is 0 Å². The number of allylic oxidation sites excluding steroid dienone is 1. The van der Waals surface area contributed by atoms with Gasteiger partial charge in [-0.1, -0.05) is 18.2 Å². The van der Waals surface area contributed by atoms with E-state index in [1.54, 1.807) is 24.3 Å². The van der Waals surface area contributed by atoms with E-state index >= 15 is 0 Å². The van der Waals surface area contributed by atoms with E-state index in [2.05, 4.69) is 6.07 Å². The summed E-state index contributed by atoms with van der Waals surface area (Å²) in [5, 5.41) is 20.5. The van der Waals surface area contributed by atoms with Crippen LogP contribution < -0.4 is 0 Å². The van der Waals surface area contributed by atoms with E-state index in [1.165, 1.54) is 24.3 Å². The number of hydrogen-bond donors (Lipinski definition) is 0. The third-order valence-electron chi connectivity index (χ3n) is 4.32. The minimum absolute atomic E-state index is 0.0705. The molecule has 0 bridgehead atoms. The molecular formula is C21H16FN3O2. The number of non-ortho nitro benzene ring substituents is 1. The summed E-state index contributed by atoms with van der Waals surface area (Å²) in [5.41, 5.74) is 3.94. The zero-order valence-electron chi connectivity index (χ0n) is 14.8. The number of nitrogens with zero attached hydrogens (tertiary/aromatic N) is 3. The molecule has 1 heterocycles. The van der Waals surface area contributed by atoms with Crippen LogP contribution in [0.4, 0.5) is 10.1 Å². The molecule has 0 N–H and O–H groups in total. The summed E-state index contributed by atoms with van der Waals surface area (Å²) < 4.78 is 15.5. The van der Waals surface area contributed by atoms with Gasteiger partial charge in [-0.05, 0) is 55.3 Å². The van der Waals surface area contributed by atoms with Crippen LogP contribution in [0.25, 0.3) is 17.3 Å². The molecule has 6 heteroatoms. The molecule has 0 unspecified atom stereocenters. The highest BCUT2D eigenvalue weighted by Gasteiger charge is 2.13. The Morgan fingerprint density at radius 1 is 1.19 bits per heavy atom. The molecule has 0 spiro atoms. The summed E-state index contributed by atoms with van der Waals surface area (Å²) in [5.74, 6) is -0.327. The Labute approximate surface area is 155 Å². The SMILES string of the molecule is Cc1cc(/C=C(/C#N)c2cccc([N+](=O)[O-])c2)c(C)n1-c1cccc(F)c1. The number of halogens is 1. The number of aromatic nitrogens is 1. The van der Waals surface area contributed by atoms with Crippen molar-refractivity contribution in [2.75, 3.05) is 0 Å². The van der Waals surface area contributed by atoms with Gasteiger partial charge < -0.3 is 4.57 Å². The van der Waals surface area contributed by atoms with E-state index in [0.29, 0.717) is 16.8 Å². The van der Waals surface area contributed by atoms with E-state index in [0.717, 1.165) is 17.0 Å². The Morgan fingerprint density at radius 3 is 2.59 bits per heavy atom. The minimum atomic E-state index is -0.492. The molecule has 0 saturated heterocycles. The summed E-state index contributed by atoms with van der Waals surface area (Å²) in [4.78, 5) is 10.5. The molecule has 3 rings (SSSR count). The summed E-state index contributed by atoms with van der Waals surface area (Å²) in [7, 11) is 0. The van der Waals surface area contributed by atoms with Crippen LogP contribution in [0.1, 0.15) is 22.5 Å². The zero-order valence-corrected chi connectivity index (χ0v) is 14.8. The summed E-state index contributed by atoms with van der Waals surface area (Å²) in [6.07, 6.45) is 1.69. The zero-order chi connectivity index (χ0) is 19.6. The number of aryl methyl sites for hydroxylation is 1. The first-order valence-corrected chi connectivity index (χ1v) is 8.22. The topological polar surface area (TPSA) is 71.9 Å². The number of benzene rings is 2. The lowest BCUT2D eigenvalue weighted by Gasteiger charge is -2.09. The molecule has 0 aliphatic carbocycles. The molecule has 0 aliphatic rings. The first kappa shape index (κ1) is 18.1. The van der Waals surface area contributed by atoms with Crippen molar-refractivity contribution in [1.82, 2.24) is 4.57 Å². The highest BCUT2D eigenvalue weighted by atomic mass is 19.1. The molecule has 5 nitrogen and oxygen atoms in total. The average molecular weight is 361 g/mol. The fourth-order valence-corrected chi connectivity index (χ4v) is 3.07. The fourth-order valence-electron chi connectivity index (χ4n) is 3.07. The highest BCUT2D eigenvalue weighted by molar-refractivity contribution is 5.90. The standard InChI is InChI=1S/C21H16FN3O2/c1-14-9-17(15(2)24(14)20-7-4-6-19(22)12-20)10-18(13-23)16-5-3-8-21(11-16)25(26)27/h3-12H,1-2H3/b18-10-. The lowest BCUT2D eigenvalue weighted by Crippen LogP contribution is -1.99. The van der Waals surface area contributed by atoms with Crippen molar-refractivity contribution in [1.29, 1.82) is 5.26 Å². The summed E-state index contributed by atoms with van der Waals surface area (Å²) in [6, 6.07) is 16.3. The quantitative estimate of drug-likeness (QED) is 0.364. The van der Waals surface area contributed by atoms with Gasteiger partial charge in [-0.2, -0.15) is 5.26 Å². The molecule has 0 radical (unpaired) electrons. The van der Waals surface area contributed by atoms with Gasteiger partial charge in [-0.25, -0.2) is 4.39 Å². The summed E-state index contributed by atoms with van der Waals surface area (Å²) >= 11 is 0. The molecule has 0 atom stereocenters. The molecule has 0 amide bonds. The van der Waals surface area contributed by atoms with E-state index in [9.17, 15) is 19.8 Å². The van der Waals surface area contributed by atoms with Gasteiger partial charge in [0.2, 0.25) is 0 Å². The number of rotatable bonds is 4. The second-order valence-corrected chi connectivity index (χ2v) is 6.12. The van der Waals surface area contributed by atoms with Crippen LogP contribution in [0, 0.1) is 41.1 Å².